The molecule has 0 atom stereocenters. The maximum atomic E-state index is 6.03. The Morgan fingerprint density at radius 2 is 1.64 bits per heavy atom. The van der Waals surface area contributed by atoms with Gasteiger partial charge in [0.05, 0.1) is 17.6 Å². The summed E-state index contributed by atoms with van der Waals surface area (Å²) in [5, 5.41) is 0.775. The summed E-state index contributed by atoms with van der Waals surface area (Å²) in [6, 6.07) is 16.5. The summed E-state index contributed by atoms with van der Waals surface area (Å²) in [6.45, 7) is 8.40. The van der Waals surface area contributed by atoms with Crippen molar-refractivity contribution < 1.29 is 0 Å². The third-order valence-corrected chi connectivity index (χ3v) is 4.68. The molecular weight excluding hydrogens is 330 g/mol. The predicted molar refractivity (Wildman–Crippen MR) is 106 cm³/mol. The number of aromatic nitrogens is 2. The Labute approximate surface area is 155 Å². The van der Waals surface area contributed by atoms with Gasteiger partial charge in [-0.05, 0) is 55.8 Å². The lowest BCUT2D eigenvalue weighted by Gasteiger charge is -2.21. The van der Waals surface area contributed by atoms with Crippen LogP contribution < -0.4 is 0 Å². The first-order chi connectivity index (χ1) is 12.2. The van der Waals surface area contributed by atoms with Gasteiger partial charge in [0.25, 0.3) is 0 Å². The van der Waals surface area contributed by atoms with Crippen LogP contribution in [0.15, 0.2) is 48.5 Å². The van der Waals surface area contributed by atoms with E-state index in [9.17, 15) is 0 Å². The molecule has 4 heteroatoms. The minimum absolute atomic E-state index is 0.775. The molecule has 3 aromatic rings. The van der Waals surface area contributed by atoms with Crippen LogP contribution >= 0.6 is 11.6 Å². The van der Waals surface area contributed by atoms with Gasteiger partial charge in [-0.15, -0.1) is 0 Å². The highest BCUT2D eigenvalue weighted by atomic mass is 35.5. The van der Waals surface area contributed by atoms with E-state index in [1.165, 1.54) is 11.1 Å². The lowest BCUT2D eigenvalue weighted by atomic mass is 10.2. The fourth-order valence-electron chi connectivity index (χ4n) is 3.30. The number of hydrogen-bond acceptors (Lipinski definition) is 2. The predicted octanol–water partition coefficient (Wildman–Crippen LogP) is 5.36. The SMILES string of the molecule is CCCN(CCC)Cc1nc2ccccc2n1Cc1ccc(Cl)cc1. The van der Waals surface area contributed by atoms with Crippen molar-refractivity contribution in [2.24, 2.45) is 0 Å². The summed E-state index contributed by atoms with van der Waals surface area (Å²) in [4.78, 5) is 7.43. The summed E-state index contributed by atoms with van der Waals surface area (Å²) in [5.41, 5.74) is 3.51. The number of hydrogen-bond donors (Lipinski definition) is 0. The standard InChI is InChI=1S/C21H26ClN3/c1-3-13-24(14-4-2)16-21-23-19-7-5-6-8-20(19)25(21)15-17-9-11-18(22)12-10-17/h5-12H,3-4,13-16H2,1-2H3. The normalized spacial score (nSPS) is 11.5. The van der Waals surface area contributed by atoms with Gasteiger partial charge >= 0.3 is 0 Å². The van der Waals surface area contributed by atoms with Crippen molar-refractivity contribution in [1.29, 1.82) is 0 Å². The van der Waals surface area contributed by atoms with Crippen molar-refractivity contribution in [2.75, 3.05) is 13.1 Å². The molecule has 0 aliphatic rings. The van der Waals surface area contributed by atoms with E-state index in [4.69, 9.17) is 16.6 Å². The van der Waals surface area contributed by atoms with Crippen molar-refractivity contribution in [3.8, 4) is 0 Å². The zero-order valence-electron chi connectivity index (χ0n) is 15.1. The van der Waals surface area contributed by atoms with Gasteiger partial charge in [-0.1, -0.05) is 49.7 Å². The van der Waals surface area contributed by atoms with Crippen LogP contribution in [0.4, 0.5) is 0 Å². The maximum Gasteiger partial charge on any atom is 0.124 e. The van der Waals surface area contributed by atoms with Crippen LogP contribution in [0.1, 0.15) is 38.1 Å². The Morgan fingerprint density at radius 3 is 2.32 bits per heavy atom. The monoisotopic (exact) mass is 355 g/mol. The summed E-state index contributed by atoms with van der Waals surface area (Å²) in [6.07, 6.45) is 2.33. The fraction of sp³-hybridized carbons (Fsp3) is 0.381. The number of rotatable bonds is 8. The van der Waals surface area contributed by atoms with E-state index in [0.717, 1.165) is 55.4 Å². The van der Waals surface area contributed by atoms with Crippen molar-refractivity contribution in [3.05, 3.63) is 64.9 Å². The molecule has 0 aliphatic carbocycles. The number of fused-ring (bicyclic) bond motifs is 1. The van der Waals surface area contributed by atoms with Crippen molar-refractivity contribution >= 4 is 22.6 Å². The third-order valence-electron chi connectivity index (χ3n) is 4.43. The molecule has 0 unspecified atom stereocenters. The minimum Gasteiger partial charge on any atom is -0.322 e. The molecule has 132 valence electrons. The Morgan fingerprint density at radius 1 is 0.960 bits per heavy atom. The molecule has 1 aromatic heterocycles. The molecule has 0 saturated heterocycles. The molecule has 0 radical (unpaired) electrons. The Balaban J connectivity index is 1.94. The van der Waals surface area contributed by atoms with Crippen LogP contribution in [0, 0.1) is 0 Å². The molecule has 25 heavy (non-hydrogen) atoms. The van der Waals surface area contributed by atoms with Crippen molar-refractivity contribution in [2.45, 2.75) is 39.8 Å². The number of para-hydroxylation sites is 2. The fourth-order valence-corrected chi connectivity index (χ4v) is 3.42. The van der Waals surface area contributed by atoms with Gasteiger partial charge < -0.3 is 4.57 Å². The second-order valence-corrected chi connectivity index (χ2v) is 6.94. The van der Waals surface area contributed by atoms with E-state index >= 15 is 0 Å². The molecule has 0 N–H and O–H groups in total. The number of nitrogens with zero attached hydrogens (tertiary/aromatic N) is 3. The molecule has 0 saturated carbocycles. The summed E-state index contributed by atoms with van der Waals surface area (Å²) < 4.78 is 2.34. The van der Waals surface area contributed by atoms with Crippen molar-refractivity contribution in [3.63, 3.8) is 0 Å². The topological polar surface area (TPSA) is 21.1 Å². The highest BCUT2D eigenvalue weighted by Crippen LogP contribution is 2.20. The maximum absolute atomic E-state index is 6.03. The van der Waals surface area contributed by atoms with Gasteiger partial charge in [-0.25, -0.2) is 4.98 Å². The summed E-state index contributed by atoms with van der Waals surface area (Å²) >= 11 is 6.03. The number of benzene rings is 2. The Bertz CT molecular complexity index is 802. The van der Waals surface area contributed by atoms with Gasteiger partial charge in [0.2, 0.25) is 0 Å². The molecular formula is C21H26ClN3. The van der Waals surface area contributed by atoms with E-state index in [2.05, 4.69) is 59.7 Å². The van der Waals surface area contributed by atoms with Crippen LogP contribution in [0.3, 0.4) is 0 Å². The molecule has 0 amide bonds. The largest absolute Gasteiger partial charge is 0.322 e. The average Bonchev–Trinajstić information content (AvgIpc) is 2.95. The molecule has 0 fully saturated rings. The second kappa shape index (κ2) is 8.50. The number of halogens is 1. The lowest BCUT2D eigenvalue weighted by molar-refractivity contribution is 0.257. The van der Waals surface area contributed by atoms with E-state index < -0.39 is 0 Å². The molecule has 2 aromatic carbocycles. The minimum atomic E-state index is 0.775. The smallest absolute Gasteiger partial charge is 0.124 e. The summed E-state index contributed by atoms with van der Waals surface area (Å²) in [7, 11) is 0. The quantitative estimate of drug-likeness (QED) is 0.542. The summed E-state index contributed by atoms with van der Waals surface area (Å²) in [5.74, 6) is 1.14. The van der Waals surface area contributed by atoms with Gasteiger partial charge in [0, 0.05) is 11.6 Å². The van der Waals surface area contributed by atoms with Crippen LogP contribution in [0.25, 0.3) is 11.0 Å². The Kier molecular flexibility index (Phi) is 6.11. The van der Waals surface area contributed by atoms with Gasteiger partial charge in [0.1, 0.15) is 5.82 Å². The van der Waals surface area contributed by atoms with Gasteiger partial charge in [0.15, 0.2) is 0 Å². The third kappa shape index (κ3) is 4.42. The molecule has 3 rings (SSSR count). The number of imidazole rings is 1. The Hall–Kier alpha value is -1.84. The van der Waals surface area contributed by atoms with Crippen LogP contribution in [-0.4, -0.2) is 27.5 Å². The van der Waals surface area contributed by atoms with E-state index in [-0.39, 0.29) is 0 Å². The first-order valence-electron chi connectivity index (χ1n) is 9.12. The second-order valence-electron chi connectivity index (χ2n) is 6.51. The van der Waals surface area contributed by atoms with Crippen LogP contribution in [0.2, 0.25) is 5.02 Å². The highest BCUT2D eigenvalue weighted by Gasteiger charge is 2.14. The van der Waals surface area contributed by atoms with Gasteiger partial charge in [-0.3, -0.25) is 4.90 Å². The van der Waals surface area contributed by atoms with E-state index in [0.29, 0.717) is 0 Å². The highest BCUT2D eigenvalue weighted by molar-refractivity contribution is 6.30. The molecule has 0 spiro atoms. The van der Waals surface area contributed by atoms with E-state index in [1.807, 2.05) is 12.1 Å². The molecule has 3 nitrogen and oxygen atoms in total. The molecule has 0 bridgehead atoms. The van der Waals surface area contributed by atoms with E-state index in [1.54, 1.807) is 0 Å². The lowest BCUT2D eigenvalue weighted by Crippen LogP contribution is -2.26. The molecule has 0 aliphatic heterocycles. The zero-order valence-corrected chi connectivity index (χ0v) is 15.8. The first-order valence-corrected chi connectivity index (χ1v) is 9.50. The van der Waals surface area contributed by atoms with Gasteiger partial charge in [-0.2, -0.15) is 0 Å². The van der Waals surface area contributed by atoms with Crippen LogP contribution in [-0.2, 0) is 13.1 Å². The molecule has 1 heterocycles. The average molecular weight is 356 g/mol. The zero-order chi connectivity index (χ0) is 17.6. The first kappa shape index (κ1) is 18.0. The van der Waals surface area contributed by atoms with Crippen molar-refractivity contribution in [1.82, 2.24) is 14.5 Å². The van der Waals surface area contributed by atoms with Crippen LogP contribution in [0.5, 0.6) is 0 Å².